The van der Waals surface area contributed by atoms with Crippen molar-refractivity contribution in [3.8, 4) is 11.6 Å². The lowest BCUT2D eigenvalue weighted by molar-refractivity contribution is -0.142. The van der Waals surface area contributed by atoms with Gasteiger partial charge in [-0.2, -0.15) is 0 Å². The second-order valence-electron chi connectivity index (χ2n) is 18.1. The van der Waals surface area contributed by atoms with Gasteiger partial charge in [0.1, 0.15) is 40.8 Å². The number of aromatic nitrogens is 2. The van der Waals surface area contributed by atoms with Gasteiger partial charge in [0, 0.05) is 24.3 Å². The third-order valence-electron chi connectivity index (χ3n) is 12.0. The summed E-state index contributed by atoms with van der Waals surface area (Å²) in [4.78, 5) is 67.9. The van der Waals surface area contributed by atoms with Crippen molar-refractivity contribution in [3.63, 3.8) is 0 Å². The summed E-state index contributed by atoms with van der Waals surface area (Å²) in [5, 5.41) is 5.75. The van der Waals surface area contributed by atoms with Crippen LogP contribution in [0.2, 0.25) is 0 Å². The average molecular weight is 809 g/mol. The zero-order valence-corrected chi connectivity index (χ0v) is 34.7. The van der Waals surface area contributed by atoms with Crippen molar-refractivity contribution in [3.05, 3.63) is 36.0 Å². The number of amides is 4. The summed E-state index contributed by atoms with van der Waals surface area (Å²) in [6, 6.07) is 3.22. The normalized spacial score (nSPS) is 30.8. The number of fused-ring (bicyclic) bond motifs is 3. The van der Waals surface area contributed by atoms with Crippen LogP contribution in [0.25, 0.3) is 11.0 Å². The highest BCUT2D eigenvalue weighted by Gasteiger charge is 2.63. The third kappa shape index (κ3) is 8.70. The van der Waals surface area contributed by atoms with Gasteiger partial charge in [-0.15, -0.1) is 0 Å². The topological polar surface area (TPSA) is 195 Å². The molecule has 2 aromatic rings. The number of alkyl carbamates (subject to hydrolysis) is 1. The molecule has 2 aliphatic heterocycles. The minimum absolute atomic E-state index is 0.0204. The van der Waals surface area contributed by atoms with E-state index in [4.69, 9.17) is 24.2 Å². The van der Waals surface area contributed by atoms with E-state index >= 15 is 0 Å². The van der Waals surface area contributed by atoms with E-state index in [9.17, 15) is 27.6 Å². The van der Waals surface area contributed by atoms with Gasteiger partial charge < -0.3 is 29.7 Å². The number of methoxy groups -OCH3 is 1. The quantitative estimate of drug-likeness (QED) is 0.315. The molecule has 5 aliphatic rings. The molecule has 0 spiro atoms. The van der Waals surface area contributed by atoms with Crippen LogP contribution in [0.5, 0.6) is 11.6 Å². The number of hydrogen-bond donors (Lipinski definition) is 3. The Kier molecular flexibility index (Phi) is 10.7. The molecule has 16 heteroatoms. The van der Waals surface area contributed by atoms with E-state index in [1.807, 2.05) is 25.1 Å². The summed E-state index contributed by atoms with van der Waals surface area (Å²) in [7, 11) is -2.42. The molecule has 1 aromatic heterocycles. The van der Waals surface area contributed by atoms with Gasteiger partial charge in [0.05, 0.1) is 29.4 Å². The molecule has 3 N–H and O–H groups in total. The van der Waals surface area contributed by atoms with Crippen molar-refractivity contribution in [1.82, 2.24) is 30.2 Å². The summed E-state index contributed by atoms with van der Waals surface area (Å²) in [6.45, 7) is 10.8. The number of carbonyl (C=O) groups is 4. The van der Waals surface area contributed by atoms with E-state index in [-0.39, 0.29) is 37.1 Å². The fourth-order valence-electron chi connectivity index (χ4n) is 8.06. The number of ether oxygens (including phenoxy) is 3. The maximum absolute atomic E-state index is 14.9. The van der Waals surface area contributed by atoms with E-state index in [0.29, 0.717) is 54.0 Å². The number of allylic oxidation sites excluding steroid dienone is 1. The number of sulfonamides is 1. The van der Waals surface area contributed by atoms with Crippen LogP contribution in [0.1, 0.15) is 111 Å². The molecule has 1 saturated heterocycles. The molecule has 1 aromatic carbocycles. The van der Waals surface area contributed by atoms with Gasteiger partial charge in [0.25, 0.3) is 5.91 Å². The maximum Gasteiger partial charge on any atom is 0.408 e. The molecule has 4 amide bonds. The Balaban J connectivity index is 1.23. The zero-order valence-electron chi connectivity index (χ0n) is 33.9. The van der Waals surface area contributed by atoms with Crippen LogP contribution < -0.4 is 24.8 Å². The molecular weight excluding hydrogens is 753 g/mol. The number of hydrogen-bond acceptors (Lipinski definition) is 11. The van der Waals surface area contributed by atoms with Crippen LogP contribution in [0.4, 0.5) is 4.79 Å². The van der Waals surface area contributed by atoms with E-state index in [0.717, 1.165) is 19.3 Å². The molecule has 4 fully saturated rings. The third-order valence-corrected chi connectivity index (χ3v) is 14.2. The first kappa shape index (κ1) is 40.7. The summed E-state index contributed by atoms with van der Waals surface area (Å²) < 4.78 is 45.3. The molecule has 310 valence electrons. The first-order valence-corrected chi connectivity index (χ1v) is 21.7. The van der Waals surface area contributed by atoms with Crippen LogP contribution >= 0.6 is 0 Å². The van der Waals surface area contributed by atoms with Crippen LogP contribution in [-0.4, -0.2) is 94.8 Å². The molecule has 7 atom stereocenters. The Bertz CT molecular complexity index is 2080. The van der Waals surface area contributed by atoms with Crippen molar-refractivity contribution in [2.75, 3.05) is 13.7 Å². The van der Waals surface area contributed by atoms with Crippen LogP contribution in [-0.2, 0) is 29.1 Å². The lowest BCUT2D eigenvalue weighted by Gasteiger charge is -2.33. The summed E-state index contributed by atoms with van der Waals surface area (Å²) >= 11 is 0. The number of nitrogens with zero attached hydrogens (tertiary/aromatic N) is 3. The van der Waals surface area contributed by atoms with Gasteiger partial charge >= 0.3 is 6.09 Å². The smallest absolute Gasteiger partial charge is 0.408 e. The first-order valence-electron chi connectivity index (χ1n) is 20.2. The molecule has 57 heavy (non-hydrogen) atoms. The highest BCUT2D eigenvalue weighted by molar-refractivity contribution is 7.91. The largest absolute Gasteiger partial charge is 0.497 e. The second kappa shape index (κ2) is 15.0. The molecule has 7 rings (SSSR count). The molecule has 3 saturated carbocycles. The van der Waals surface area contributed by atoms with Crippen LogP contribution in [0, 0.1) is 17.8 Å². The molecule has 3 heterocycles. The molecule has 0 bridgehead atoms. The van der Waals surface area contributed by atoms with E-state index in [1.54, 1.807) is 46.9 Å². The monoisotopic (exact) mass is 808 g/mol. The average Bonchev–Trinajstić information content (AvgIpc) is 4.07. The van der Waals surface area contributed by atoms with Gasteiger partial charge in [0.2, 0.25) is 27.7 Å². The Morgan fingerprint density at radius 2 is 1.77 bits per heavy atom. The number of rotatable bonds is 8. The van der Waals surface area contributed by atoms with Crippen molar-refractivity contribution < 1.29 is 41.8 Å². The van der Waals surface area contributed by atoms with Gasteiger partial charge in [-0.05, 0) is 103 Å². The highest BCUT2D eigenvalue weighted by atomic mass is 32.2. The number of carbonyl (C=O) groups excluding carboxylic acids is 4. The van der Waals surface area contributed by atoms with Crippen molar-refractivity contribution >= 4 is 44.9 Å². The molecule has 15 nitrogen and oxygen atoms in total. The molecule has 0 radical (unpaired) electrons. The minimum Gasteiger partial charge on any atom is -0.497 e. The molecular formula is C41H56N6O9S. The van der Waals surface area contributed by atoms with Crippen molar-refractivity contribution in [1.29, 1.82) is 0 Å². The molecule has 0 unspecified atom stereocenters. The van der Waals surface area contributed by atoms with Gasteiger partial charge in [-0.25, -0.2) is 23.2 Å². The predicted molar refractivity (Wildman–Crippen MR) is 211 cm³/mol. The standard InChI is InChI=1S/C41H56N6O9S/c1-23-10-8-9-11-26-21-41(26,37(50)46-57(52,53)40(6)16-17-40)45-34(48)31-20-28(22-47(31)36(49)32(24(2)18-23)44-38(51)56-39(3,4)5)55-35-33(25-12-13-25)42-30-19-27(54-7)14-15-29(30)43-35/h9,11,14-15,19,23-26,28,31-32H,8,10,12-13,16-18,20-22H2,1-7H3,(H,44,51)(H,45,48)(H,46,50)/b11-9-/t23-,24-,26-,28-,31+,32+,41-/m1/s1. The fraction of sp³-hybridized carbons (Fsp3) is 0.659. The minimum atomic E-state index is -4.00. The summed E-state index contributed by atoms with van der Waals surface area (Å²) in [5.41, 5.74) is -0.410. The Morgan fingerprint density at radius 1 is 1.04 bits per heavy atom. The van der Waals surface area contributed by atoms with Crippen molar-refractivity contribution in [2.45, 2.75) is 139 Å². The molecule has 3 aliphatic carbocycles. The zero-order chi connectivity index (χ0) is 41.1. The summed E-state index contributed by atoms with van der Waals surface area (Å²) in [5.74, 6) is -1.43. The lowest BCUT2D eigenvalue weighted by atomic mass is 9.88. The van der Waals surface area contributed by atoms with Crippen LogP contribution in [0.3, 0.4) is 0 Å². The fourth-order valence-corrected chi connectivity index (χ4v) is 9.37. The Hall–Kier alpha value is -4.47. The second-order valence-corrected chi connectivity index (χ2v) is 20.3. The summed E-state index contributed by atoms with van der Waals surface area (Å²) in [6.07, 6.45) is 7.38. The maximum atomic E-state index is 14.9. The van der Waals surface area contributed by atoms with Gasteiger partial charge in [-0.1, -0.05) is 26.0 Å². The first-order chi connectivity index (χ1) is 26.8. The van der Waals surface area contributed by atoms with E-state index in [2.05, 4.69) is 22.3 Å². The van der Waals surface area contributed by atoms with Crippen molar-refractivity contribution in [2.24, 2.45) is 17.8 Å². The van der Waals surface area contributed by atoms with Crippen LogP contribution in [0.15, 0.2) is 30.4 Å². The Morgan fingerprint density at radius 3 is 2.44 bits per heavy atom. The highest BCUT2D eigenvalue weighted by Crippen LogP contribution is 2.48. The van der Waals surface area contributed by atoms with Gasteiger partial charge in [-0.3, -0.25) is 19.1 Å². The Labute approximate surface area is 334 Å². The van der Waals surface area contributed by atoms with Gasteiger partial charge in [0.15, 0.2) is 0 Å². The predicted octanol–water partition coefficient (Wildman–Crippen LogP) is 4.64. The lowest BCUT2D eigenvalue weighted by Crippen LogP contribution is -2.59. The SMILES string of the molecule is COc1ccc2nc(O[C@@H]3C[C@H]4C(=O)N[C@]5(C(=O)NS(=O)(=O)C6(C)CC6)C[C@H]5/C=C\CC[C@@H](C)C[C@@H](C)[C@H](NC(=O)OC(C)(C)C)C(=O)N4C3)c(C3CC3)nc2c1. The number of benzene rings is 1. The van der Waals surface area contributed by atoms with E-state index < -0.39 is 73.8 Å². The van der Waals surface area contributed by atoms with E-state index in [1.165, 1.54) is 4.90 Å². The number of nitrogens with one attached hydrogen (secondary N) is 3.